The molecule has 0 aliphatic carbocycles. The van der Waals surface area contributed by atoms with Crippen LogP contribution in [0, 0.1) is 23.2 Å². The Kier molecular flexibility index (Phi) is 4.96. The number of amides is 2. The van der Waals surface area contributed by atoms with E-state index in [9.17, 15) is 19.6 Å². The van der Waals surface area contributed by atoms with Gasteiger partial charge in [-0.05, 0) is 44.4 Å². The number of fused-ring (bicyclic) bond motifs is 6. The molecule has 0 radical (unpaired) electrons. The summed E-state index contributed by atoms with van der Waals surface area (Å²) in [5.74, 6) is -1.83. The maximum atomic E-state index is 13.9. The first kappa shape index (κ1) is 22.4. The summed E-state index contributed by atoms with van der Waals surface area (Å²) < 4.78 is 6.48. The van der Waals surface area contributed by atoms with Crippen molar-refractivity contribution in [3.63, 3.8) is 0 Å². The number of anilines is 1. The Morgan fingerprint density at radius 2 is 1.69 bits per heavy atom. The van der Waals surface area contributed by atoms with Gasteiger partial charge in [0.05, 0.1) is 40.4 Å². The van der Waals surface area contributed by atoms with Crippen LogP contribution in [0.2, 0.25) is 0 Å². The molecule has 0 aromatic heterocycles. The van der Waals surface area contributed by atoms with Crippen molar-refractivity contribution in [2.45, 2.75) is 37.4 Å². The lowest BCUT2D eigenvalue weighted by molar-refractivity contribution is -0.130. The van der Waals surface area contributed by atoms with Crippen LogP contribution in [0.3, 0.4) is 0 Å². The molecule has 4 atom stereocenters. The van der Waals surface area contributed by atoms with Gasteiger partial charge < -0.3 is 4.74 Å². The summed E-state index contributed by atoms with van der Waals surface area (Å²) in [5.41, 5.74) is 0.0390. The Morgan fingerprint density at radius 3 is 2.44 bits per heavy atom. The van der Waals surface area contributed by atoms with Crippen molar-refractivity contribution in [2.24, 2.45) is 11.8 Å². The van der Waals surface area contributed by atoms with Crippen LogP contribution in [0.15, 0.2) is 78.9 Å². The lowest BCUT2D eigenvalue weighted by atomic mass is 9.67. The van der Waals surface area contributed by atoms with E-state index in [0.717, 1.165) is 0 Å². The third-order valence-electron chi connectivity index (χ3n) is 8.07. The van der Waals surface area contributed by atoms with Crippen LogP contribution in [0.25, 0.3) is 10.8 Å². The number of benzene rings is 3. The summed E-state index contributed by atoms with van der Waals surface area (Å²) in [4.78, 5) is 41.6. The van der Waals surface area contributed by atoms with Crippen molar-refractivity contribution < 1.29 is 19.1 Å². The molecule has 3 aromatic rings. The number of nitrogens with zero attached hydrogens (tertiary/aromatic N) is 2. The minimum absolute atomic E-state index is 0.109. The highest BCUT2D eigenvalue weighted by molar-refractivity contribution is 6.26. The average Bonchev–Trinajstić information content (AvgIpc) is 3.48. The monoisotopic (exact) mass is 476 g/mol. The highest BCUT2D eigenvalue weighted by Crippen LogP contribution is 2.62. The number of allylic oxidation sites excluding steroid dienone is 1. The number of nitriles is 1. The molecular weight excluding hydrogens is 452 g/mol. The van der Waals surface area contributed by atoms with Gasteiger partial charge in [0, 0.05) is 16.3 Å². The van der Waals surface area contributed by atoms with E-state index in [0.29, 0.717) is 46.8 Å². The first-order valence-electron chi connectivity index (χ1n) is 12.1. The van der Waals surface area contributed by atoms with Crippen LogP contribution < -0.4 is 4.90 Å². The van der Waals surface area contributed by atoms with E-state index >= 15 is 0 Å². The first-order valence-corrected chi connectivity index (χ1v) is 12.1. The topological polar surface area (TPSA) is 87.5 Å². The molecule has 3 aliphatic rings. The van der Waals surface area contributed by atoms with Gasteiger partial charge >= 0.3 is 0 Å². The first-order chi connectivity index (χ1) is 17.4. The van der Waals surface area contributed by atoms with Crippen LogP contribution in [-0.4, -0.2) is 28.8 Å². The quantitative estimate of drug-likeness (QED) is 0.295. The summed E-state index contributed by atoms with van der Waals surface area (Å²) >= 11 is 0. The van der Waals surface area contributed by atoms with Gasteiger partial charge in [0.15, 0.2) is 5.78 Å². The molecule has 3 aliphatic heterocycles. The van der Waals surface area contributed by atoms with Crippen LogP contribution in [0.1, 0.15) is 42.1 Å². The molecule has 3 saturated heterocycles. The fourth-order valence-corrected chi connectivity index (χ4v) is 6.43. The highest BCUT2D eigenvalue weighted by Gasteiger charge is 2.73. The molecule has 3 aromatic carbocycles. The molecule has 0 saturated carbocycles. The maximum Gasteiger partial charge on any atom is 0.240 e. The van der Waals surface area contributed by atoms with Crippen molar-refractivity contribution in [3.8, 4) is 6.07 Å². The Morgan fingerprint density at radius 1 is 1.00 bits per heavy atom. The Hall–Kier alpha value is -4.08. The fraction of sp³-hybridized carbons (Fsp3) is 0.267. The second-order valence-corrected chi connectivity index (χ2v) is 10.1. The lowest BCUT2D eigenvalue weighted by Crippen LogP contribution is -2.41. The number of carbonyl (C=O) groups excluding carboxylic acids is 3. The van der Waals surface area contributed by atoms with Gasteiger partial charge in [-0.25, -0.2) is 4.90 Å². The smallest absolute Gasteiger partial charge is 0.240 e. The summed E-state index contributed by atoms with van der Waals surface area (Å²) in [5, 5.41) is 10.9. The summed E-state index contributed by atoms with van der Waals surface area (Å²) in [7, 11) is 0. The Bertz CT molecular complexity index is 1500. The van der Waals surface area contributed by atoms with E-state index in [1.54, 1.807) is 30.3 Å². The number of ether oxygens (including phenoxy) is 1. The largest absolute Gasteiger partial charge is 0.367 e. The third-order valence-corrected chi connectivity index (χ3v) is 8.07. The van der Waals surface area contributed by atoms with E-state index < -0.39 is 23.0 Å². The molecule has 6 nitrogen and oxygen atoms in total. The van der Waals surface area contributed by atoms with Crippen LogP contribution >= 0.6 is 0 Å². The van der Waals surface area contributed by atoms with Crippen molar-refractivity contribution >= 4 is 34.1 Å². The van der Waals surface area contributed by atoms with Gasteiger partial charge in [-0.2, -0.15) is 5.26 Å². The zero-order valence-corrected chi connectivity index (χ0v) is 19.8. The zero-order chi connectivity index (χ0) is 25.1. The molecule has 2 bridgehead atoms. The van der Waals surface area contributed by atoms with E-state index in [-0.39, 0.29) is 17.6 Å². The van der Waals surface area contributed by atoms with Gasteiger partial charge in [-0.3, -0.25) is 14.4 Å². The number of hydrogen-bond acceptors (Lipinski definition) is 5. The summed E-state index contributed by atoms with van der Waals surface area (Å²) in [6, 6.07) is 21.9. The summed E-state index contributed by atoms with van der Waals surface area (Å²) in [6.45, 7) is 1.92. The molecule has 36 heavy (non-hydrogen) atoms. The van der Waals surface area contributed by atoms with Gasteiger partial charge in [-0.1, -0.05) is 60.7 Å². The van der Waals surface area contributed by atoms with E-state index in [2.05, 4.69) is 6.07 Å². The van der Waals surface area contributed by atoms with Crippen molar-refractivity contribution in [3.05, 3.63) is 90.0 Å². The minimum Gasteiger partial charge on any atom is -0.367 e. The zero-order valence-electron chi connectivity index (χ0n) is 19.8. The molecule has 3 heterocycles. The summed E-state index contributed by atoms with van der Waals surface area (Å²) in [6.07, 6.45) is 5.01. The number of ketones is 1. The molecule has 0 N–H and O–H groups in total. The molecule has 6 heteroatoms. The van der Waals surface area contributed by atoms with Crippen molar-refractivity contribution in [2.75, 3.05) is 4.90 Å². The SMILES string of the molecule is CC12CCC(C/C=C/C(=O)c3ccccc3)(O1)[C@@H]1C(=O)N(c3ccc(C#N)c4ccccc34)C(=O)C12. The van der Waals surface area contributed by atoms with E-state index in [4.69, 9.17) is 4.74 Å². The number of carbonyl (C=O) groups is 3. The van der Waals surface area contributed by atoms with E-state index in [1.807, 2.05) is 49.4 Å². The standard InChI is InChI=1S/C30H24N2O4/c1-29-16-17-30(36-29,15-7-12-24(33)19-8-3-2-4-9-19)26-25(29)27(34)32(28(26)35)23-14-13-20(18-31)21-10-5-6-11-22(21)23/h2-14,25-26H,15-17H2,1H3/b12-7+/t25?,26-,29?,30?/m0/s1. The highest BCUT2D eigenvalue weighted by atomic mass is 16.5. The lowest BCUT2D eigenvalue weighted by Gasteiger charge is -2.30. The van der Waals surface area contributed by atoms with Crippen LogP contribution in [0.4, 0.5) is 5.69 Å². The average molecular weight is 477 g/mol. The third kappa shape index (κ3) is 3.09. The molecule has 3 unspecified atom stereocenters. The van der Waals surface area contributed by atoms with Crippen LogP contribution in [0.5, 0.6) is 0 Å². The predicted molar refractivity (Wildman–Crippen MR) is 134 cm³/mol. The molecule has 0 spiro atoms. The van der Waals surface area contributed by atoms with Gasteiger partial charge in [0.2, 0.25) is 11.8 Å². The van der Waals surface area contributed by atoms with Crippen LogP contribution in [-0.2, 0) is 14.3 Å². The normalized spacial score (nSPS) is 28.7. The molecule has 2 amide bonds. The second kappa shape index (κ2) is 7.97. The van der Waals surface area contributed by atoms with Crippen molar-refractivity contribution in [1.29, 1.82) is 5.26 Å². The van der Waals surface area contributed by atoms with Crippen molar-refractivity contribution in [1.82, 2.24) is 0 Å². The number of rotatable bonds is 5. The molecule has 3 fully saturated rings. The van der Waals surface area contributed by atoms with Gasteiger partial charge in [-0.15, -0.1) is 0 Å². The van der Waals surface area contributed by atoms with E-state index in [1.165, 1.54) is 11.0 Å². The maximum absolute atomic E-state index is 13.9. The predicted octanol–water partition coefficient (Wildman–Crippen LogP) is 4.97. The number of hydrogen-bond donors (Lipinski definition) is 0. The fourth-order valence-electron chi connectivity index (χ4n) is 6.43. The molecule has 178 valence electrons. The Balaban J connectivity index is 1.35. The second-order valence-electron chi connectivity index (χ2n) is 10.1. The number of imide groups is 1. The Labute approximate surface area is 208 Å². The van der Waals surface area contributed by atoms with Gasteiger partial charge in [0.25, 0.3) is 0 Å². The van der Waals surface area contributed by atoms with Gasteiger partial charge in [0.1, 0.15) is 0 Å². The minimum atomic E-state index is -0.823. The molecular formula is C30H24N2O4. The molecule has 6 rings (SSSR count).